The van der Waals surface area contributed by atoms with Gasteiger partial charge in [-0.15, -0.1) is 0 Å². The van der Waals surface area contributed by atoms with Crippen molar-refractivity contribution in [2.75, 3.05) is 13.1 Å². The molecular formula is C8H15N3O. The molecule has 1 saturated carbocycles. The van der Waals surface area contributed by atoms with Crippen LogP contribution in [0.4, 0.5) is 0 Å². The van der Waals surface area contributed by atoms with Crippen molar-refractivity contribution in [3.8, 4) is 0 Å². The average molecular weight is 169 g/mol. The molecule has 0 spiro atoms. The topological polar surface area (TPSA) is 67.5 Å². The molecule has 0 bridgehead atoms. The van der Waals surface area contributed by atoms with Crippen molar-refractivity contribution in [2.24, 2.45) is 16.6 Å². The number of hydrogen-bond acceptors (Lipinski definition) is 2. The zero-order chi connectivity index (χ0) is 8.97. The molecule has 0 aromatic heterocycles. The van der Waals surface area contributed by atoms with Gasteiger partial charge in [-0.1, -0.05) is 0 Å². The Morgan fingerprint density at radius 1 is 1.67 bits per heavy atom. The molecule has 1 aliphatic rings. The molecule has 4 nitrogen and oxygen atoms in total. The molecule has 0 aromatic rings. The summed E-state index contributed by atoms with van der Waals surface area (Å²) in [6.45, 7) is 2.92. The van der Waals surface area contributed by atoms with E-state index in [1.54, 1.807) is 6.92 Å². The van der Waals surface area contributed by atoms with Gasteiger partial charge in [0.25, 0.3) is 0 Å². The zero-order valence-electron chi connectivity index (χ0n) is 7.34. The molecule has 0 unspecified atom stereocenters. The number of carbonyl (C=O) groups is 1. The summed E-state index contributed by atoms with van der Waals surface area (Å²) in [6.07, 6.45) is 2.09. The summed E-state index contributed by atoms with van der Waals surface area (Å²) in [5.74, 6) is 1.02. The summed E-state index contributed by atoms with van der Waals surface area (Å²) < 4.78 is 0. The molecule has 0 saturated heterocycles. The van der Waals surface area contributed by atoms with Gasteiger partial charge in [-0.25, -0.2) is 0 Å². The van der Waals surface area contributed by atoms with Gasteiger partial charge >= 0.3 is 0 Å². The van der Waals surface area contributed by atoms with E-state index in [2.05, 4.69) is 10.3 Å². The summed E-state index contributed by atoms with van der Waals surface area (Å²) in [7, 11) is 0. The summed E-state index contributed by atoms with van der Waals surface area (Å²) in [4.78, 5) is 15.0. The molecule has 0 heterocycles. The van der Waals surface area contributed by atoms with E-state index in [0.717, 1.165) is 12.8 Å². The lowest BCUT2D eigenvalue weighted by Crippen LogP contribution is -2.27. The molecule has 1 aliphatic carbocycles. The molecule has 1 amide bonds. The van der Waals surface area contributed by atoms with Crippen molar-refractivity contribution in [3.05, 3.63) is 0 Å². The Morgan fingerprint density at radius 3 is 2.83 bits per heavy atom. The van der Waals surface area contributed by atoms with Gasteiger partial charge in [0.05, 0.1) is 12.4 Å². The van der Waals surface area contributed by atoms with Crippen LogP contribution >= 0.6 is 0 Å². The lowest BCUT2D eigenvalue weighted by molar-refractivity contribution is -0.122. The molecule has 68 valence electrons. The third kappa shape index (κ3) is 3.37. The first-order valence-electron chi connectivity index (χ1n) is 4.24. The van der Waals surface area contributed by atoms with Gasteiger partial charge in [-0.2, -0.15) is 0 Å². The maximum atomic E-state index is 11.1. The number of nitrogens with two attached hydrogens (primary N) is 1. The van der Waals surface area contributed by atoms with Crippen molar-refractivity contribution in [2.45, 2.75) is 19.8 Å². The minimum atomic E-state index is 0.167. The van der Waals surface area contributed by atoms with Crippen LogP contribution in [0.15, 0.2) is 4.99 Å². The largest absolute Gasteiger partial charge is 0.388 e. The molecule has 3 N–H and O–H groups in total. The molecule has 1 fully saturated rings. The van der Waals surface area contributed by atoms with E-state index in [0.29, 0.717) is 18.9 Å². The molecule has 0 aliphatic heterocycles. The first kappa shape index (κ1) is 9.03. The Bertz CT molecular complexity index is 192. The summed E-state index contributed by atoms with van der Waals surface area (Å²) in [5.41, 5.74) is 5.32. The van der Waals surface area contributed by atoms with Crippen molar-refractivity contribution >= 4 is 11.7 Å². The summed E-state index contributed by atoms with van der Waals surface area (Å²) >= 11 is 0. The number of carbonyl (C=O) groups excluding carboxylic acids is 1. The average Bonchev–Trinajstić information content (AvgIpc) is 2.79. The van der Waals surface area contributed by atoms with E-state index < -0.39 is 0 Å². The number of amidine groups is 1. The Morgan fingerprint density at radius 2 is 2.33 bits per heavy atom. The van der Waals surface area contributed by atoms with Gasteiger partial charge in [0, 0.05) is 12.5 Å². The lowest BCUT2D eigenvalue weighted by atomic mass is 10.4. The van der Waals surface area contributed by atoms with Gasteiger partial charge in [-0.3, -0.25) is 9.79 Å². The summed E-state index contributed by atoms with van der Waals surface area (Å²) in [6, 6.07) is 0. The lowest BCUT2D eigenvalue weighted by Gasteiger charge is -2.00. The first-order valence-corrected chi connectivity index (χ1v) is 4.24. The number of hydrogen-bond donors (Lipinski definition) is 2. The van der Waals surface area contributed by atoms with Crippen LogP contribution in [-0.2, 0) is 4.79 Å². The monoisotopic (exact) mass is 169 g/mol. The van der Waals surface area contributed by atoms with E-state index in [9.17, 15) is 4.79 Å². The first-order chi connectivity index (χ1) is 5.70. The zero-order valence-corrected chi connectivity index (χ0v) is 7.34. The maximum absolute atomic E-state index is 11.1. The third-order valence-electron chi connectivity index (χ3n) is 1.72. The molecule has 4 heteroatoms. The van der Waals surface area contributed by atoms with E-state index >= 15 is 0 Å². The van der Waals surface area contributed by atoms with Crippen molar-refractivity contribution < 1.29 is 4.79 Å². The van der Waals surface area contributed by atoms with E-state index in [1.807, 2.05) is 0 Å². The van der Waals surface area contributed by atoms with E-state index in [4.69, 9.17) is 5.73 Å². The number of nitrogens with zero attached hydrogens (tertiary/aromatic N) is 1. The predicted molar refractivity (Wildman–Crippen MR) is 47.9 cm³/mol. The molecule has 0 atom stereocenters. The van der Waals surface area contributed by atoms with Crippen LogP contribution in [0.5, 0.6) is 0 Å². The fourth-order valence-electron chi connectivity index (χ4n) is 0.901. The van der Waals surface area contributed by atoms with E-state index in [-0.39, 0.29) is 11.8 Å². The van der Waals surface area contributed by atoms with Gasteiger partial charge < -0.3 is 11.1 Å². The minimum absolute atomic E-state index is 0.167. The maximum Gasteiger partial charge on any atom is 0.223 e. The second kappa shape index (κ2) is 4.09. The highest BCUT2D eigenvalue weighted by Gasteiger charge is 2.28. The van der Waals surface area contributed by atoms with Gasteiger partial charge in [0.2, 0.25) is 5.91 Å². The highest BCUT2D eigenvalue weighted by Crippen LogP contribution is 2.28. The van der Waals surface area contributed by atoms with Crippen LogP contribution in [0.1, 0.15) is 19.8 Å². The van der Waals surface area contributed by atoms with Crippen molar-refractivity contribution in [1.29, 1.82) is 0 Å². The SMILES string of the molecule is CC(N)=NCCNC(=O)C1CC1. The molecule has 1 rings (SSSR count). The number of nitrogens with one attached hydrogen (secondary N) is 1. The highest BCUT2D eigenvalue weighted by molar-refractivity contribution is 5.81. The Hall–Kier alpha value is -1.06. The van der Waals surface area contributed by atoms with Crippen LogP contribution < -0.4 is 11.1 Å². The molecular weight excluding hydrogens is 154 g/mol. The van der Waals surface area contributed by atoms with Crippen LogP contribution in [0.25, 0.3) is 0 Å². The fourth-order valence-corrected chi connectivity index (χ4v) is 0.901. The second-order valence-electron chi connectivity index (χ2n) is 3.09. The van der Waals surface area contributed by atoms with Crippen LogP contribution in [0.3, 0.4) is 0 Å². The minimum Gasteiger partial charge on any atom is -0.388 e. The summed E-state index contributed by atoms with van der Waals surface area (Å²) in [5, 5.41) is 2.80. The Labute approximate surface area is 72.2 Å². The Kier molecular flexibility index (Phi) is 3.08. The number of amides is 1. The Balaban J connectivity index is 2.01. The van der Waals surface area contributed by atoms with Crippen molar-refractivity contribution in [3.63, 3.8) is 0 Å². The van der Waals surface area contributed by atoms with Crippen LogP contribution in [-0.4, -0.2) is 24.8 Å². The van der Waals surface area contributed by atoms with Crippen LogP contribution in [0.2, 0.25) is 0 Å². The fraction of sp³-hybridized carbons (Fsp3) is 0.750. The number of rotatable bonds is 4. The molecule has 0 aromatic carbocycles. The smallest absolute Gasteiger partial charge is 0.223 e. The van der Waals surface area contributed by atoms with Gasteiger partial charge in [-0.05, 0) is 19.8 Å². The standard InChI is InChI=1S/C8H15N3O/c1-6(9)10-4-5-11-8(12)7-2-3-7/h7H,2-5H2,1H3,(H2,9,10)(H,11,12). The quantitative estimate of drug-likeness (QED) is 0.350. The second-order valence-corrected chi connectivity index (χ2v) is 3.09. The normalized spacial score (nSPS) is 17.6. The predicted octanol–water partition coefficient (Wildman–Crippen LogP) is -0.110. The molecule has 12 heavy (non-hydrogen) atoms. The highest BCUT2D eigenvalue weighted by atomic mass is 16.2. The van der Waals surface area contributed by atoms with Gasteiger partial charge in [0.15, 0.2) is 0 Å². The van der Waals surface area contributed by atoms with Crippen LogP contribution in [0, 0.1) is 5.92 Å². The number of aliphatic imine (C=N–C) groups is 1. The van der Waals surface area contributed by atoms with Gasteiger partial charge in [0.1, 0.15) is 0 Å². The third-order valence-corrected chi connectivity index (χ3v) is 1.72. The van der Waals surface area contributed by atoms with E-state index in [1.165, 1.54) is 0 Å². The molecule has 0 radical (unpaired) electrons. The van der Waals surface area contributed by atoms with Crippen molar-refractivity contribution in [1.82, 2.24) is 5.32 Å².